The maximum atomic E-state index is 5.97. The molecule has 0 amide bonds. The van der Waals surface area contributed by atoms with E-state index in [-0.39, 0.29) is 6.10 Å². The van der Waals surface area contributed by atoms with Crippen LogP contribution < -0.4 is 15.2 Å². The van der Waals surface area contributed by atoms with Crippen LogP contribution in [0.15, 0.2) is 48.5 Å². The average Bonchev–Trinajstić information content (AvgIpc) is 2.45. The predicted octanol–water partition coefficient (Wildman–Crippen LogP) is 3.08. The van der Waals surface area contributed by atoms with Gasteiger partial charge in [0.15, 0.2) is 0 Å². The molecular formula is C16H19NO2. The molecule has 2 rings (SSSR count). The van der Waals surface area contributed by atoms with Gasteiger partial charge in [-0.3, -0.25) is 0 Å². The summed E-state index contributed by atoms with van der Waals surface area (Å²) >= 11 is 0. The second kappa shape index (κ2) is 6.25. The van der Waals surface area contributed by atoms with Crippen LogP contribution in [0.5, 0.6) is 11.5 Å². The fourth-order valence-electron chi connectivity index (χ4n) is 2.02. The van der Waals surface area contributed by atoms with Gasteiger partial charge in [0, 0.05) is 12.1 Å². The van der Waals surface area contributed by atoms with Gasteiger partial charge in [0.2, 0.25) is 0 Å². The third-order valence-electron chi connectivity index (χ3n) is 2.97. The first-order valence-corrected chi connectivity index (χ1v) is 6.31. The summed E-state index contributed by atoms with van der Waals surface area (Å²) in [6.07, 6.45) is -0.210. The summed E-state index contributed by atoms with van der Waals surface area (Å²) in [7, 11) is 1.65. The van der Waals surface area contributed by atoms with Crippen molar-refractivity contribution >= 4 is 0 Å². The van der Waals surface area contributed by atoms with Crippen molar-refractivity contribution in [3.63, 3.8) is 0 Å². The molecule has 0 heterocycles. The second-order valence-corrected chi connectivity index (χ2v) is 4.40. The van der Waals surface area contributed by atoms with Crippen LogP contribution in [-0.2, 0) is 0 Å². The zero-order chi connectivity index (χ0) is 13.7. The number of methoxy groups -OCH3 is 1. The number of hydrogen-bond acceptors (Lipinski definition) is 3. The van der Waals surface area contributed by atoms with Gasteiger partial charge in [-0.25, -0.2) is 0 Å². The molecule has 0 aromatic heterocycles. The molecule has 0 saturated heterocycles. The summed E-state index contributed by atoms with van der Waals surface area (Å²) in [5.74, 6) is 1.62. The number of para-hydroxylation sites is 1. The molecule has 1 atom stereocenters. The molecule has 0 aliphatic rings. The monoisotopic (exact) mass is 257 g/mol. The van der Waals surface area contributed by atoms with Crippen LogP contribution in [-0.4, -0.2) is 13.7 Å². The van der Waals surface area contributed by atoms with Crippen LogP contribution in [0.25, 0.3) is 0 Å². The highest BCUT2D eigenvalue weighted by Crippen LogP contribution is 2.28. The topological polar surface area (TPSA) is 44.5 Å². The molecule has 3 heteroatoms. The number of hydrogen-bond donors (Lipinski definition) is 1. The Morgan fingerprint density at radius 2 is 1.89 bits per heavy atom. The van der Waals surface area contributed by atoms with Crippen molar-refractivity contribution < 1.29 is 9.47 Å². The van der Waals surface area contributed by atoms with E-state index in [4.69, 9.17) is 15.2 Å². The summed E-state index contributed by atoms with van der Waals surface area (Å²) in [5, 5.41) is 0. The summed E-state index contributed by atoms with van der Waals surface area (Å²) in [6, 6.07) is 15.7. The van der Waals surface area contributed by atoms with Crippen LogP contribution in [0.2, 0.25) is 0 Å². The maximum absolute atomic E-state index is 5.97. The van der Waals surface area contributed by atoms with E-state index in [2.05, 4.69) is 0 Å². The van der Waals surface area contributed by atoms with Crippen molar-refractivity contribution in [2.75, 3.05) is 13.7 Å². The average molecular weight is 257 g/mol. The first kappa shape index (κ1) is 13.4. The zero-order valence-corrected chi connectivity index (χ0v) is 11.3. The smallest absolute Gasteiger partial charge is 0.139 e. The van der Waals surface area contributed by atoms with Crippen molar-refractivity contribution in [2.24, 2.45) is 5.73 Å². The number of rotatable bonds is 5. The molecule has 0 aliphatic heterocycles. The molecule has 2 aromatic carbocycles. The van der Waals surface area contributed by atoms with Crippen LogP contribution in [0.1, 0.15) is 17.2 Å². The Hall–Kier alpha value is -2.00. The first-order chi connectivity index (χ1) is 9.24. The lowest BCUT2D eigenvalue weighted by Gasteiger charge is -2.20. The van der Waals surface area contributed by atoms with Gasteiger partial charge in [0.1, 0.15) is 17.6 Å². The van der Waals surface area contributed by atoms with Crippen LogP contribution in [0.3, 0.4) is 0 Å². The number of nitrogens with two attached hydrogens (primary N) is 1. The molecule has 0 fully saturated rings. The molecule has 0 spiro atoms. The van der Waals surface area contributed by atoms with Gasteiger partial charge < -0.3 is 15.2 Å². The molecule has 0 radical (unpaired) electrons. The van der Waals surface area contributed by atoms with E-state index in [9.17, 15) is 0 Å². The molecular weight excluding hydrogens is 238 g/mol. The highest BCUT2D eigenvalue weighted by Gasteiger charge is 2.16. The Bertz CT molecular complexity index is 540. The van der Waals surface area contributed by atoms with Gasteiger partial charge >= 0.3 is 0 Å². The minimum atomic E-state index is -0.210. The fraction of sp³-hybridized carbons (Fsp3) is 0.250. The standard InChI is InChI=1S/C16H19NO2/c1-12-6-5-7-13(10-12)19-16(11-17)14-8-3-4-9-15(14)18-2/h3-10,16H,11,17H2,1-2H3. The molecule has 0 saturated carbocycles. The molecule has 3 nitrogen and oxygen atoms in total. The van der Waals surface area contributed by atoms with Crippen LogP contribution in [0, 0.1) is 6.92 Å². The molecule has 1 unspecified atom stereocenters. The molecule has 0 aliphatic carbocycles. The van der Waals surface area contributed by atoms with Gasteiger partial charge in [0.05, 0.1) is 7.11 Å². The van der Waals surface area contributed by atoms with E-state index in [0.717, 1.165) is 22.6 Å². The maximum Gasteiger partial charge on any atom is 0.139 e. The highest BCUT2D eigenvalue weighted by molar-refractivity contribution is 5.37. The van der Waals surface area contributed by atoms with Crippen LogP contribution >= 0.6 is 0 Å². The van der Waals surface area contributed by atoms with Gasteiger partial charge in [-0.05, 0) is 30.7 Å². The quantitative estimate of drug-likeness (QED) is 0.895. The Balaban J connectivity index is 2.25. The van der Waals surface area contributed by atoms with E-state index in [1.54, 1.807) is 7.11 Å². The van der Waals surface area contributed by atoms with E-state index in [1.165, 1.54) is 0 Å². The molecule has 2 aromatic rings. The lowest BCUT2D eigenvalue weighted by atomic mass is 10.1. The van der Waals surface area contributed by atoms with Crippen molar-refractivity contribution in [3.8, 4) is 11.5 Å². The third kappa shape index (κ3) is 3.26. The van der Waals surface area contributed by atoms with Gasteiger partial charge in [-0.15, -0.1) is 0 Å². The third-order valence-corrected chi connectivity index (χ3v) is 2.97. The molecule has 2 N–H and O–H groups in total. The highest BCUT2D eigenvalue weighted by atomic mass is 16.5. The Morgan fingerprint density at radius 1 is 1.11 bits per heavy atom. The van der Waals surface area contributed by atoms with E-state index >= 15 is 0 Å². The minimum absolute atomic E-state index is 0.210. The minimum Gasteiger partial charge on any atom is -0.496 e. The lowest BCUT2D eigenvalue weighted by molar-refractivity contribution is 0.209. The van der Waals surface area contributed by atoms with E-state index < -0.39 is 0 Å². The van der Waals surface area contributed by atoms with Crippen molar-refractivity contribution in [1.29, 1.82) is 0 Å². The first-order valence-electron chi connectivity index (χ1n) is 6.31. The van der Waals surface area contributed by atoms with Gasteiger partial charge in [0.25, 0.3) is 0 Å². The lowest BCUT2D eigenvalue weighted by Crippen LogP contribution is -2.19. The molecule has 19 heavy (non-hydrogen) atoms. The van der Waals surface area contributed by atoms with Gasteiger partial charge in [-0.2, -0.15) is 0 Å². The summed E-state index contributed by atoms with van der Waals surface area (Å²) in [5.41, 5.74) is 7.96. The Kier molecular flexibility index (Phi) is 4.42. The number of benzene rings is 2. The zero-order valence-electron chi connectivity index (χ0n) is 11.3. The van der Waals surface area contributed by atoms with Crippen LogP contribution in [0.4, 0.5) is 0 Å². The Morgan fingerprint density at radius 3 is 2.58 bits per heavy atom. The number of aryl methyl sites for hydroxylation is 1. The van der Waals surface area contributed by atoms with Gasteiger partial charge in [-0.1, -0.05) is 30.3 Å². The van der Waals surface area contributed by atoms with Crippen molar-refractivity contribution in [1.82, 2.24) is 0 Å². The number of ether oxygens (including phenoxy) is 2. The van der Waals surface area contributed by atoms with Crippen molar-refractivity contribution in [3.05, 3.63) is 59.7 Å². The SMILES string of the molecule is COc1ccccc1C(CN)Oc1cccc(C)c1. The molecule has 100 valence electrons. The molecule has 0 bridgehead atoms. The predicted molar refractivity (Wildman–Crippen MR) is 76.6 cm³/mol. The second-order valence-electron chi connectivity index (χ2n) is 4.40. The summed E-state index contributed by atoms with van der Waals surface area (Å²) < 4.78 is 11.3. The largest absolute Gasteiger partial charge is 0.496 e. The fourth-order valence-corrected chi connectivity index (χ4v) is 2.02. The summed E-state index contributed by atoms with van der Waals surface area (Å²) in [4.78, 5) is 0. The Labute approximate surface area is 114 Å². The summed E-state index contributed by atoms with van der Waals surface area (Å²) in [6.45, 7) is 2.43. The van der Waals surface area contributed by atoms with E-state index in [1.807, 2.05) is 55.5 Å². The van der Waals surface area contributed by atoms with Crippen molar-refractivity contribution in [2.45, 2.75) is 13.0 Å². The van der Waals surface area contributed by atoms with E-state index in [0.29, 0.717) is 6.54 Å². The normalized spacial score (nSPS) is 11.9.